The highest BCUT2D eigenvalue weighted by Crippen LogP contribution is 2.39. The van der Waals surface area contributed by atoms with E-state index in [-0.39, 0.29) is 5.91 Å². The Kier molecular flexibility index (Phi) is 5.27. The standard InChI is InChI=1S/C16H20N4OS2/c1-3-20-15(11-4-5-11)18-19-16(20)23-10-14(21)17-12-6-8-13(22-2)9-7-12/h6-9,11H,3-5,10H2,1-2H3,(H,17,21). The summed E-state index contributed by atoms with van der Waals surface area (Å²) in [7, 11) is 0. The molecule has 1 aromatic heterocycles. The van der Waals surface area contributed by atoms with Gasteiger partial charge in [-0.1, -0.05) is 11.8 Å². The second-order valence-corrected chi connectivity index (χ2v) is 7.25. The minimum atomic E-state index is -0.0227. The number of amides is 1. The van der Waals surface area contributed by atoms with E-state index in [1.165, 1.54) is 29.5 Å². The van der Waals surface area contributed by atoms with E-state index in [4.69, 9.17) is 0 Å². The highest BCUT2D eigenvalue weighted by molar-refractivity contribution is 7.99. The van der Waals surface area contributed by atoms with E-state index < -0.39 is 0 Å². The van der Waals surface area contributed by atoms with Crippen LogP contribution in [0.1, 0.15) is 31.5 Å². The van der Waals surface area contributed by atoms with Gasteiger partial charge < -0.3 is 9.88 Å². The number of anilines is 1. The lowest BCUT2D eigenvalue weighted by molar-refractivity contribution is -0.113. The molecule has 0 spiro atoms. The molecular formula is C16H20N4OS2. The number of thioether (sulfide) groups is 2. The molecule has 1 aliphatic carbocycles. The van der Waals surface area contributed by atoms with E-state index in [1.54, 1.807) is 11.8 Å². The van der Waals surface area contributed by atoms with Crippen LogP contribution in [0, 0.1) is 0 Å². The molecule has 0 radical (unpaired) electrons. The topological polar surface area (TPSA) is 59.8 Å². The Hall–Kier alpha value is -1.47. The molecule has 1 N–H and O–H groups in total. The van der Waals surface area contributed by atoms with Gasteiger partial charge in [-0.2, -0.15) is 0 Å². The number of hydrogen-bond acceptors (Lipinski definition) is 5. The van der Waals surface area contributed by atoms with E-state index in [0.29, 0.717) is 11.7 Å². The lowest BCUT2D eigenvalue weighted by Gasteiger charge is -2.07. The van der Waals surface area contributed by atoms with Gasteiger partial charge in [0.25, 0.3) is 0 Å². The van der Waals surface area contributed by atoms with Gasteiger partial charge in [0, 0.05) is 23.0 Å². The summed E-state index contributed by atoms with van der Waals surface area (Å²) < 4.78 is 2.13. The molecule has 1 aromatic carbocycles. The molecule has 122 valence electrons. The molecule has 1 fully saturated rings. The zero-order valence-corrected chi connectivity index (χ0v) is 14.9. The molecule has 0 aliphatic heterocycles. The Morgan fingerprint density at radius 1 is 1.30 bits per heavy atom. The van der Waals surface area contributed by atoms with E-state index in [1.807, 2.05) is 30.5 Å². The zero-order chi connectivity index (χ0) is 16.2. The van der Waals surface area contributed by atoms with E-state index in [0.717, 1.165) is 23.2 Å². The quantitative estimate of drug-likeness (QED) is 0.774. The average Bonchev–Trinajstić information content (AvgIpc) is 3.33. The monoisotopic (exact) mass is 348 g/mol. The first-order valence-electron chi connectivity index (χ1n) is 7.71. The first kappa shape index (κ1) is 16.4. The van der Waals surface area contributed by atoms with Crippen molar-refractivity contribution in [3.05, 3.63) is 30.1 Å². The van der Waals surface area contributed by atoms with Crippen LogP contribution in [-0.2, 0) is 11.3 Å². The van der Waals surface area contributed by atoms with Crippen molar-refractivity contribution in [1.29, 1.82) is 0 Å². The summed E-state index contributed by atoms with van der Waals surface area (Å²) in [6.07, 6.45) is 4.44. The van der Waals surface area contributed by atoms with Gasteiger partial charge in [-0.25, -0.2) is 0 Å². The number of nitrogens with one attached hydrogen (secondary N) is 1. The van der Waals surface area contributed by atoms with Gasteiger partial charge >= 0.3 is 0 Å². The SMILES string of the molecule is CCn1c(SCC(=O)Nc2ccc(SC)cc2)nnc1C1CC1. The Labute approximate surface area is 144 Å². The molecule has 0 unspecified atom stereocenters. The number of rotatable bonds is 7. The first-order chi connectivity index (χ1) is 11.2. The number of carbonyl (C=O) groups is 1. The maximum absolute atomic E-state index is 12.1. The molecule has 0 atom stereocenters. The Balaban J connectivity index is 1.56. The third-order valence-electron chi connectivity index (χ3n) is 3.71. The summed E-state index contributed by atoms with van der Waals surface area (Å²) in [6.45, 7) is 2.94. The van der Waals surface area contributed by atoms with Gasteiger partial charge in [0.2, 0.25) is 5.91 Å². The molecule has 1 aliphatic rings. The lowest BCUT2D eigenvalue weighted by atomic mass is 10.3. The van der Waals surface area contributed by atoms with Crippen LogP contribution < -0.4 is 5.32 Å². The smallest absolute Gasteiger partial charge is 0.234 e. The van der Waals surface area contributed by atoms with Gasteiger partial charge in [-0.3, -0.25) is 4.79 Å². The summed E-state index contributed by atoms with van der Waals surface area (Å²) in [5.41, 5.74) is 0.823. The highest BCUT2D eigenvalue weighted by Gasteiger charge is 2.30. The van der Waals surface area contributed by atoms with Gasteiger partial charge in [0.05, 0.1) is 5.75 Å². The normalized spacial score (nSPS) is 14.0. The molecule has 7 heteroatoms. The molecule has 3 rings (SSSR count). The number of nitrogens with zero attached hydrogens (tertiary/aromatic N) is 3. The minimum Gasteiger partial charge on any atom is -0.325 e. The molecule has 1 saturated carbocycles. The fourth-order valence-corrected chi connectivity index (χ4v) is 3.57. The summed E-state index contributed by atoms with van der Waals surface area (Å²) in [5.74, 6) is 1.96. The maximum atomic E-state index is 12.1. The van der Waals surface area contributed by atoms with Crippen molar-refractivity contribution in [2.45, 2.75) is 42.3 Å². The van der Waals surface area contributed by atoms with Gasteiger partial charge in [-0.15, -0.1) is 22.0 Å². The summed E-state index contributed by atoms with van der Waals surface area (Å²) in [6, 6.07) is 7.86. The minimum absolute atomic E-state index is 0.0227. The van der Waals surface area contributed by atoms with E-state index in [9.17, 15) is 4.79 Å². The molecule has 1 amide bonds. The number of aromatic nitrogens is 3. The number of carbonyl (C=O) groups excluding carboxylic acids is 1. The third-order valence-corrected chi connectivity index (χ3v) is 5.42. The summed E-state index contributed by atoms with van der Waals surface area (Å²) >= 11 is 3.13. The van der Waals surface area contributed by atoms with Crippen LogP contribution in [0.3, 0.4) is 0 Å². The summed E-state index contributed by atoms with van der Waals surface area (Å²) in [5, 5.41) is 12.3. The van der Waals surface area contributed by atoms with Crippen LogP contribution in [0.15, 0.2) is 34.3 Å². The zero-order valence-electron chi connectivity index (χ0n) is 13.3. The van der Waals surface area contributed by atoms with Crippen LogP contribution in [0.2, 0.25) is 0 Å². The molecule has 5 nitrogen and oxygen atoms in total. The molecular weight excluding hydrogens is 328 g/mol. The molecule has 0 saturated heterocycles. The van der Waals surface area contributed by atoms with Crippen LogP contribution in [0.5, 0.6) is 0 Å². The summed E-state index contributed by atoms with van der Waals surface area (Å²) in [4.78, 5) is 13.3. The van der Waals surface area contributed by atoms with Crippen LogP contribution >= 0.6 is 23.5 Å². The van der Waals surface area contributed by atoms with Crippen LogP contribution in [-0.4, -0.2) is 32.7 Å². The molecule has 0 bridgehead atoms. The average molecular weight is 348 g/mol. The van der Waals surface area contributed by atoms with Crippen molar-refractivity contribution >= 4 is 35.1 Å². The van der Waals surface area contributed by atoms with E-state index in [2.05, 4.69) is 27.0 Å². The van der Waals surface area contributed by atoms with Gasteiger partial charge in [-0.05, 0) is 50.3 Å². The van der Waals surface area contributed by atoms with Crippen molar-refractivity contribution in [2.75, 3.05) is 17.3 Å². The Morgan fingerprint density at radius 3 is 2.65 bits per heavy atom. The number of hydrogen-bond donors (Lipinski definition) is 1. The van der Waals surface area contributed by atoms with Crippen molar-refractivity contribution in [2.24, 2.45) is 0 Å². The van der Waals surface area contributed by atoms with Crippen LogP contribution in [0.25, 0.3) is 0 Å². The van der Waals surface area contributed by atoms with Crippen LogP contribution in [0.4, 0.5) is 5.69 Å². The highest BCUT2D eigenvalue weighted by atomic mass is 32.2. The van der Waals surface area contributed by atoms with E-state index >= 15 is 0 Å². The predicted molar refractivity (Wildman–Crippen MR) is 95.2 cm³/mol. The fraction of sp³-hybridized carbons (Fsp3) is 0.438. The largest absolute Gasteiger partial charge is 0.325 e. The molecule has 1 heterocycles. The molecule has 2 aromatic rings. The van der Waals surface area contributed by atoms with Crippen molar-refractivity contribution in [1.82, 2.24) is 14.8 Å². The number of benzene rings is 1. The predicted octanol–water partition coefficient (Wildman–Crippen LogP) is 3.63. The Morgan fingerprint density at radius 2 is 2.04 bits per heavy atom. The second kappa shape index (κ2) is 7.40. The Bertz CT molecular complexity index is 680. The van der Waals surface area contributed by atoms with Crippen molar-refractivity contribution < 1.29 is 4.79 Å². The fourth-order valence-electron chi connectivity index (χ4n) is 2.35. The molecule has 23 heavy (non-hydrogen) atoms. The maximum Gasteiger partial charge on any atom is 0.234 e. The third kappa shape index (κ3) is 4.09. The lowest BCUT2D eigenvalue weighted by Crippen LogP contribution is -2.14. The van der Waals surface area contributed by atoms with Gasteiger partial charge in [0.15, 0.2) is 5.16 Å². The van der Waals surface area contributed by atoms with Crippen molar-refractivity contribution in [3.63, 3.8) is 0 Å². The van der Waals surface area contributed by atoms with Gasteiger partial charge in [0.1, 0.15) is 5.82 Å². The first-order valence-corrected chi connectivity index (χ1v) is 9.92. The van der Waals surface area contributed by atoms with Crippen molar-refractivity contribution in [3.8, 4) is 0 Å². The second-order valence-electron chi connectivity index (χ2n) is 5.42.